The van der Waals surface area contributed by atoms with Crippen molar-refractivity contribution >= 4 is 45.8 Å². The van der Waals surface area contributed by atoms with Crippen LogP contribution < -0.4 is 5.32 Å². The number of hydrogen-bond acceptors (Lipinski definition) is 12. The van der Waals surface area contributed by atoms with E-state index in [4.69, 9.17) is 28.4 Å². The maximum Gasteiger partial charge on any atom is 0.407 e. The molecule has 1 amide bonds. The van der Waals surface area contributed by atoms with Gasteiger partial charge in [-0.3, -0.25) is 4.79 Å². The molecule has 0 rings (SSSR count). The van der Waals surface area contributed by atoms with Crippen LogP contribution in [0.25, 0.3) is 0 Å². The van der Waals surface area contributed by atoms with Gasteiger partial charge in [-0.25, -0.2) is 34.0 Å². The Kier molecular flexibility index (Phi) is 21.3. The third-order valence-corrected chi connectivity index (χ3v) is 11.5. The van der Waals surface area contributed by atoms with Crippen molar-refractivity contribution in [1.82, 2.24) is 5.32 Å². The summed E-state index contributed by atoms with van der Waals surface area (Å²) < 4.78 is 32.7. The highest BCUT2D eigenvalue weighted by molar-refractivity contribution is 8.33. The first kappa shape index (κ1) is 44.8. The van der Waals surface area contributed by atoms with Crippen molar-refractivity contribution in [3.05, 3.63) is 63.3 Å². The number of carbonyl (C=O) groups excluding carboxylic acids is 6. The number of allylic oxidation sites excluding steroid dienone is 1. The molecular weight excluding hydrogens is 658 g/mol. The van der Waals surface area contributed by atoms with Crippen LogP contribution in [0.3, 0.4) is 0 Å². The molecule has 0 aromatic heterocycles. The molecule has 0 aliphatic heterocycles. The van der Waals surface area contributed by atoms with Crippen LogP contribution in [0.2, 0.25) is 0 Å². The van der Waals surface area contributed by atoms with Crippen molar-refractivity contribution in [2.24, 2.45) is 10.8 Å². The molecule has 0 aliphatic carbocycles. The van der Waals surface area contributed by atoms with Gasteiger partial charge in [0.1, 0.15) is 33.0 Å². The zero-order valence-electron chi connectivity index (χ0n) is 29.3. The lowest BCUT2D eigenvalue weighted by molar-refractivity contribution is -0.164. The highest BCUT2D eigenvalue weighted by Crippen LogP contribution is 2.45. The fraction of sp³-hybridized carbons (Fsp3) is 0.543. The van der Waals surface area contributed by atoms with Gasteiger partial charge >= 0.3 is 30.0 Å². The first-order valence-corrected chi connectivity index (χ1v) is 18.2. The van der Waals surface area contributed by atoms with Gasteiger partial charge in [-0.1, -0.05) is 46.7 Å². The van der Waals surface area contributed by atoms with Crippen LogP contribution in [0.15, 0.2) is 63.3 Å². The number of alkyl carbamates (subject to hydrolysis) is 1. The molecule has 0 heterocycles. The Bertz CT molecular complexity index is 1110. The lowest BCUT2D eigenvalue weighted by atomic mass is 9.84. The van der Waals surface area contributed by atoms with Crippen LogP contribution in [0.4, 0.5) is 4.79 Å². The SMILES string of the molecule is C=CC(=O)CCC(COCC(COC(=O)C=C)(COC(=O)C=C)COC(=O)C=C)(COC(=O)C=C)COC(=O)NCCCS(C)(C)C(C)C. The van der Waals surface area contributed by atoms with Crippen molar-refractivity contribution in [3.63, 3.8) is 0 Å². The topological polar surface area (TPSA) is 170 Å². The number of esters is 4. The zero-order chi connectivity index (χ0) is 37.5. The van der Waals surface area contributed by atoms with Gasteiger partial charge in [-0.15, -0.1) is 0 Å². The summed E-state index contributed by atoms with van der Waals surface area (Å²) in [6.07, 6.45) is 9.32. The molecule has 0 bridgehead atoms. The molecule has 0 aromatic carbocycles. The average Bonchev–Trinajstić information content (AvgIpc) is 3.09. The second kappa shape index (κ2) is 23.2. The number of ether oxygens (including phenoxy) is 6. The Morgan fingerprint density at radius 3 is 1.45 bits per heavy atom. The first-order valence-electron chi connectivity index (χ1n) is 15.5. The molecule has 14 heteroatoms. The van der Waals surface area contributed by atoms with Gasteiger partial charge in [-0.2, -0.15) is 0 Å². The molecule has 0 saturated heterocycles. The molecule has 1 atom stereocenters. The van der Waals surface area contributed by atoms with Crippen molar-refractivity contribution in [2.45, 2.75) is 38.4 Å². The monoisotopic (exact) mass is 711 g/mol. The normalized spacial score (nSPS) is 12.7. The van der Waals surface area contributed by atoms with Crippen molar-refractivity contribution < 1.29 is 57.2 Å². The lowest BCUT2D eigenvalue weighted by Crippen LogP contribution is -2.46. The number of amides is 1. The Balaban J connectivity index is 6.28. The van der Waals surface area contributed by atoms with E-state index in [2.05, 4.69) is 64.6 Å². The average molecular weight is 712 g/mol. The minimum absolute atomic E-state index is 0.0246. The fourth-order valence-corrected chi connectivity index (χ4v) is 5.20. The van der Waals surface area contributed by atoms with Crippen LogP contribution in [0.5, 0.6) is 0 Å². The summed E-state index contributed by atoms with van der Waals surface area (Å²) in [6.45, 7) is 19.0. The third-order valence-electron chi connectivity index (χ3n) is 7.60. The smallest absolute Gasteiger partial charge is 0.407 e. The highest BCUT2D eigenvalue weighted by atomic mass is 32.3. The molecule has 1 unspecified atom stereocenters. The quantitative estimate of drug-likeness (QED) is 0.0563. The van der Waals surface area contributed by atoms with E-state index in [9.17, 15) is 28.8 Å². The summed E-state index contributed by atoms with van der Waals surface area (Å²) in [5.74, 6) is -2.56. The van der Waals surface area contributed by atoms with E-state index in [1.165, 1.54) is 0 Å². The number of ketones is 1. The maximum absolute atomic E-state index is 12.8. The molecule has 0 aliphatic rings. The summed E-state index contributed by atoms with van der Waals surface area (Å²) in [4.78, 5) is 73.1. The summed E-state index contributed by atoms with van der Waals surface area (Å²) >= 11 is 0. The molecule has 13 nitrogen and oxygen atoms in total. The molecule has 49 heavy (non-hydrogen) atoms. The molecule has 0 fully saturated rings. The van der Waals surface area contributed by atoms with E-state index in [0.717, 1.165) is 42.6 Å². The number of rotatable bonds is 27. The van der Waals surface area contributed by atoms with Crippen LogP contribution in [-0.2, 0) is 52.4 Å². The molecule has 276 valence electrons. The highest BCUT2D eigenvalue weighted by Gasteiger charge is 2.39. The zero-order valence-corrected chi connectivity index (χ0v) is 30.1. The third kappa shape index (κ3) is 18.8. The predicted molar refractivity (Wildman–Crippen MR) is 188 cm³/mol. The van der Waals surface area contributed by atoms with E-state index >= 15 is 0 Å². The van der Waals surface area contributed by atoms with E-state index < -0.39 is 70.6 Å². The van der Waals surface area contributed by atoms with E-state index in [1.54, 1.807) is 0 Å². The Morgan fingerprint density at radius 2 is 1.04 bits per heavy atom. The van der Waals surface area contributed by atoms with Gasteiger partial charge < -0.3 is 33.7 Å². The predicted octanol–water partition coefficient (Wildman–Crippen LogP) is 4.02. The van der Waals surface area contributed by atoms with Crippen LogP contribution in [-0.4, -0.2) is 112 Å². The summed E-state index contributed by atoms with van der Waals surface area (Å²) in [7, 11) is -0.825. The molecule has 0 saturated carbocycles. The van der Waals surface area contributed by atoms with E-state index in [1.807, 2.05) is 0 Å². The maximum atomic E-state index is 12.8. The van der Waals surface area contributed by atoms with Crippen LogP contribution in [0, 0.1) is 10.8 Å². The van der Waals surface area contributed by atoms with Crippen LogP contribution in [0.1, 0.15) is 33.1 Å². The summed E-state index contributed by atoms with van der Waals surface area (Å²) in [5.41, 5.74) is -2.74. The molecule has 0 aromatic rings. The Morgan fingerprint density at radius 1 is 0.633 bits per heavy atom. The Labute approximate surface area is 291 Å². The van der Waals surface area contributed by atoms with E-state index in [-0.39, 0.29) is 45.1 Å². The van der Waals surface area contributed by atoms with Gasteiger partial charge in [-0.05, 0) is 42.4 Å². The second-order valence-electron chi connectivity index (χ2n) is 12.1. The van der Waals surface area contributed by atoms with Gasteiger partial charge in [0.05, 0.1) is 24.0 Å². The molecule has 0 spiro atoms. The first-order chi connectivity index (χ1) is 23.0. The minimum atomic E-state index is -1.46. The fourth-order valence-electron chi connectivity index (χ4n) is 3.84. The largest absolute Gasteiger partial charge is 0.462 e. The minimum Gasteiger partial charge on any atom is -0.462 e. The van der Waals surface area contributed by atoms with Crippen molar-refractivity contribution in [3.8, 4) is 0 Å². The van der Waals surface area contributed by atoms with Gasteiger partial charge in [0.25, 0.3) is 0 Å². The second-order valence-corrected chi connectivity index (χ2v) is 16.7. The standard InChI is InChI=1S/C35H53NO12S/c1-10-28(37)16-17-34(22-44-29(38)11-2,23-48-33(42)36-18-15-19-49(8,9)27(6)7)20-43-21-35(24-45-30(39)12-3,25-46-31(40)13-4)26-47-32(41)14-5/h10-14,27H,1-5,15-26H2,6-9H3,(H,36,42). The van der Waals surface area contributed by atoms with Crippen molar-refractivity contribution in [2.75, 3.05) is 71.1 Å². The summed E-state index contributed by atoms with van der Waals surface area (Å²) in [6, 6.07) is 0. The number of nitrogens with one attached hydrogen (secondary N) is 1. The number of hydrogen-bond donors (Lipinski definition) is 1. The van der Waals surface area contributed by atoms with Crippen LogP contribution >= 0.6 is 10.0 Å². The molecule has 0 radical (unpaired) electrons. The van der Waals surface area contributed by atoms with Gasteiger partial charge in [0.15, 0.2) is 5.78 Å². The Hall–Kier alpha value is -4.17. The van der Waals surface area contributed by atoms with Crippen molar-refractivity contribution in [1.29, 1.82) is 0 Å². The van der Waals surface area contributed by atoms with Gasteiger partial charge in [0.2, 0.25) is 0 Å². The van der Waals surface area contributed by atoms with E-state index in [0.29, 0.717) is 11.8 Å². The summed E-state index contributed by atoms with van der Waals surface area (Å²) in [5, 5.41) is 3.27. The molecule has 1 N–H and O–H groups in total. The number of carbonyl (C=O) groups is 6. The lowest BCUT2D eigenvalue weighted by Gasteiger charge is -2.36. The van der Waals surface area contributed by atoms with Gasteiger partial charge in [0, 0.05) is 37.3 Å². The molecular formula is C35H53NO12S.